The minimum absolute atomic E-state index is 0.0800. The smallest absolute Gasteiger partial charge is 0.329 e. The molecule has 40 heavy (non-hydrogen) atoms. The highest BCUT2D eigenvalue weighted by atomic mass is 32.2. The van der Waals surface area contributed by atoms with Crippen LogP contribution in [-0.2, 0) is 22.1 Å². The van der Waals surface area contributed by atoms with Gasteiger partial charge in [0.2, 0.25) is 5.88 Å². The van der Waals surface area contributed by atoms with E-state index in [-0.39, 0.29) is 29.6 Å². The first-order valence-electron chi connectivity index (χ1n) is 12.0. The van der Waals surface area contributed by atoms with Crippen molar-refractivity contribution in [3.05, 3.63) is 53.1 Å². The summed E-state index contributed by atoms with van der Waals surface area (Å²) in [5, 5.41) is 11.9. The summed E-state index contributed by atoms with van der Waals surface area (Å²) < 4.78 is 45.8. The average molecular weight is 578 g/mol. The Kier molecular flexibility index (Phi) is 8.69. The van der Waals surface area contributed by atoms with Crippen LogP contribution in [0, 0.1) is 12.7 Å². The third kappa shape index (κ3) is 7.45. The molecule has 0 aliphatic carbocycles. The van der Waals surface area contributed by atoms with Gasteiger partial charge < -0.3 is 15.2 Å². The first-order chi connectivity index (χ1) is 18.5. The maximum Gasteiger partial charge on any atom is 0.329 e. The summed E-state index contributed by atoms with van der Waals surface area (Å²) in [7, 11) is -0.244. The second-order valence-electron chi connectivity index (χ2n) is 10.1. The van der Waals surface area contributed by atoms with Crippen LogP contribution in [0.3, 0.4) is 0 Å². The van der Waals surface area contributed by atoms with Crippen molar-refractivity contribution in [3.63, 3.8) is 0 Å². The Bertz CT molecular complexity index is 1530. The minimum atomic E-state index is -3.67. The number of carbonyl (C=O) groups excluding carboxylic acids is 2. The van der Waals surface area contributed by atoms with Crippen LogP contribution in [0.15, 0.2) is 35.0 Å². The Labute approximate surface area is 231 Å². The second kappa shape index (κ2) is 11.5. The summed E-state index contributed by atoms with van der Waals surface area (Å²) in [5.41, 5.74) is 2.92. The lowest BCUT2D eigenvalue weighted by atomic mass is 9.92. The molecule has 3 heterocycles. The molecule has 15 heteroatoms. The molecule has 1 aliphatic heterocycles. The zero-order chi connectivity index (χ0) is 30.0. The zero-order valence-electron chi connectivity index (χ0n) is 23.2. The first-order valence-corrected chi connectivity index (χ1v) is 13.8. The van der Waals surface area contributed by atoms with Crippen molar-refractivity contribution in [2.24, 2.45) is 0 Å². The number of carbonyl (C=O) groups is 2. The minimum Gasteiger partial charge on any atom is -0.373 e. The number of hydrogen-bond acceptors (Lipinski definition) is 8. The van der Waals surface area contributed by atoms with Gasteiger partial charge in [-0.1, -0.05) is 25.9 Å². The highest BCUT2D eigenvalue weighted by molar-refractivity contribution is 7.85. The number of halogens is 1. The van der Waals surface area contributed by atoms with Gasteiger partial charge in [-0.05, 0) is 24.6 Å². The lowest BCUT2D eigenvalue weighted by Crippen LogP contribution is -2.45. The number of pyridine rings is 1. The van der Waals surface area contributed by atoms with E-state index in [1.807, 2.05) is 20.8 Å². The van der Waals surface area contributed by atoms with Crippen LogP contribution in [-0.4, -0.2) is 55.5 Å². The largest absolute Gasteiger partial charge is 0.373 e. The van der Waals surface area contributed by atoms with Gasteiger partial charge in [0.05, 0.1) is 35.6 Å². The number of hydrogen-bond donors (Lipinski definition) is 4. The molecule has 0 saturated heterocycles. The fourth-order valence-electron chi connectivity index (χ4n) is 3.76. The molecule has 0 atom stereocenters. The van der Waals surface area contributed by atoms with Crippen molar-refractivity contribution < 1.29 is 31.5 Å². The Morgan fingerprint density at radius 1 is 1.15 bits per heavy atom. The van der Waals surface area contributed by atoms with Crippen molar-refractivity contribution >= 4 is 50.9 Å². The number of urea groups is 2. The van der Waals surface area contributed by atoms with Gasteiger partial charge >= 0.3 is 12.1 Å². The molecule has 0 bridgehead atoms. The van der Waals surface area contributed by atoms with Crippen LogP contribution in [0.4, 0.5) is 42.7 Å². The number of aromatic nitrogens is 2. The summed E-state index contributed by atoms with van der Waals surface area (Å²) in [5.74, 6) is 0.152. The maximum atomic E-state index is 14.7. The molecule has 0 spiro atoms. The van der Waals surface area contributed by atoms with Crippen molar-refractivity contribution in [1.29, 1.82) is 0 Å². The molecule has 0 fully saturated rings. The van der Waals surface area contributed by atoms with Crippen LogP contribution in [0.5, 0.6) is 0 Å². The fourth-order valence-corrected chi connectivity index (χ4v) is 3.76. The van der Waals surface area contributed by atoms with Crippen LogP contribution in [0.1, 0.15) is 37.6 Å². The highest BCUT2D eigenvalue weighted by Gasteiger charge is 2.31. The van der Waals surface area contributed by atoms with Gasteiger partial charge in [-0.15, -0.1) is 0 Å². The monoisotopic (exact) mass is 577 g/mol. The molecule has 1 aromatic carbocycles. The van der Waals surface area contributed by atoms with Crippen molar-refractivity contribution in [2.75, 3.05) is 46.1 Å². The van der Waals surface area contributed by atoms with Gasteiger partial charge in [-0.2, -0.15) is 8.42 Å². The van der Waals surface area contributed by atoms with E-state index in [0.717, 1.165) is 11.3 Å². The summed E-state index contributed by atoms with van der Waals surface area (Å²) in [6.45, 7) is 7.85. The van der Waals surface area contributed by atoms with E-state index in [1.54, 1.807) is 39.3 Å². The maximum absolute atomic E-state index is 14.7. The number of nitrogens with zero attached hydrogens (tertiary/aromatic N) is 4. The number of fused-ring (bicyclic) bond motifs is 1. The number of anilines is 5. The third-order valence-corrected chi connectivity index (χ3v) is 5.77. The van der Waals surface area contributed by atoms with Gasteiger partial charge in [0.1, 0.15) is 11.6 Å². The van der Waals surface area contributed by atoms with E-state index in [2.05, 4.69) is 26.1 Å². The Hall–Kier alpha value is -4.24. The Morgan fingerprint density at radius 2 is 1.80 bits per heavy atom. The van der Waals surface area contributed by atoms with Gasteiger partial charge in [-0.25, -0.2) is 19.0 Å². The van der Waals surface area contributed by atoms with E-state index in [0.29, 0.717) is 29.0 Å². The lowest BCUT2D eigenvalue weighted by molar-refractivity contribution is 0.251. The molecule has 216 valence electrons. The normalized spacial score (nSPS) is 13.3. The summed E-state index contributed by atoms with van der Waals surface area (Å²) >= 11 is 0. The second-order valence-corrected chi connectivity index (χ2v) is 11.6. The molecule has 4 rings (SSSR count). The van der Waals surface area contributed by atoms with E-state index in [1.165, 1.54) is 21.9 Å². The molecule has 3 aromatic rings. The molecule has 13 nitrogen and oxygen atoms in total. The number of amides is 4. The zero-order valence-corrected chi connectivity index (χ0v) is 24.0. The van der Waals surface area contributed by atoms with Gasteiger partial charge in [0, 0.05) is 43.4 Å². The molecule has 0 saturated carbocycles. The van der Waals surface area contributed by atoms with Gasteiger partial charge in [0.15, 0.2) is 0 Å². The standard InChI is InChI=1S/C24H28FN7O3.CH4O3S/c1-13-7-15(25)16(28-22(33)29-21-10-19(30-35-21)24(2,3)4)8-17(13)32-12-14-11-27-20(26-5)9-18(14)31(6)23(32)34;1-5(2,3)4/h7-11H,12H2,1-6H3,(H,26,27)(H2,28,29,33);1H3,(H,2,3,4). The van der Waals surface area contributed by atoms with E-state index in [9.17, 15) is 22.4 Å². The highest BCUT2D eigenvalue weighted by Crippen LogP contribution is 2.35. The number of nitrogens with one attached hydrogen (secondary N) is 3. The number of rotatable bonds is 4. The Morgan fingerprint density at radius 3 is 2.38 bits per heavy atom. The van der Waals surface area contributed by atoms with E-state index >= 15 is 0 Å². The van der Waals surface area contributed by atoms with Crippen LogP contribution >= 0.6 is 0 Å². The molecule has 1 aliphatic rings. The SMILES string of the molecule is CNc1cc2c(cn1)CN(c1cc(NC(=O)Nc3cc(C(C)(C)C)no3)c(F)cc1C)C(=O)N2C.CS(=O)(=O)O. The van der Waals surface area contributed by atoms with Gasteiger partial charge in [-0.3, -0.25) is 19.7 Å². The number of benzene rings is 1. The fraction of sp³-hybridized carbons (Fsp3) is 0.360. The molecular formula is C25H32FN7O6S. The predicted molar refractivity (Wildman–Crippen MR) is 150 cm³/mol. The lowest BCUT2D eigenvalue weighted by Gasteiger charge is -2.35. The molecule has 4 amide bonds. The van der Waals surface area contributed by atoms with Crippen molar-refractivity contribution in [1.82, 2.24) is 10.1 Å². The topological polar surface area (TPSA) is 170 Å². The van der Waals surface area contributed by atoms with Crippen molar-refractivity contribution in [2.45, 2.75) is 39.7 Å². The molecule has 0 radical (unpaired) electrons. The average Bonchev–Trinajstić information content (AvgIpc) is 3.31. The third-order valence-electron chi connectivity index (χ3n) is 5.77. The molecule has 4 N–H and O–H groups in total. The first kappa shape index (κ1) is 30.3. The summed E-state index contributed by atoms with van der Waals surface area (Å²) in [6.07, 6.45) is 2.42. The number of aryl methyl sites for hydroxylation is 1. The van der Waals surface area contributed by atoms with Crippen LogP contribution in [0.25, 0.3) is 0 Å². The summed E-state index contributed by atoms with van der Waals surface area (Å²) in [6, 6.07) is 5.15. The van der Waals surface area contributed by atoms with Gasteiger partial charge in [0.25, 0.3) is 10.1 Å². The van der Waals surface area contributed by atoms with Crippen LogP contribution < -0.4 is 25.8 Å². The van der Waals surface area contributed by atoms with E-state index < -0.39 is 22.0 Å². The molecule has 0 unspecified atom stereocenters. The Balaban J connectivity index is 0.000000810. The predicted octanol–water partition coefficient (Wildman–Crippen LogP) is 4.58. The summed E-state index contributed by atoms with van der Waals surface area (Å²) in [4.78, 5) is 33.1. The molecular weight excluding hydrogens is 545 g/mol. The van der Waals surface area contributed by atoms with Crippen molar-refractivity contribution in [3.8, 4) is 0 Å². The molecule has 2 aromatic heterocycles. The quantitative estimate of drug-likeness (QED) is 0.324. The van der Waals surface area contributed by atoms with E-state index in [4.69, 9.17) is 9.08 Å². The van der Waals surface area contributed by atoms with Crippen LogP contribution in [0.2, 0.25) is 0 Å².